The lowest BCUT2D eigenvalue weighted by Gasteiger charge is -2.45. The van der Waals surface area contributed by atoms with Crippen LogP contribution in [-0.4, -0.2) is 61.8 Å². The van der Waals surface area contributed by atoms with E-state index >= 15 is 0 Å². The molecule has 0 aromatic carbocycles. The third kappa shape index (κ3) is 8.47. The third-order valence-corrected chi connectivity index (χ3v) is 5.75. The minimum absolute atomic E-state index is 0.0342. The molecule has 0 bridgehead atoms. The zero-order valence-electron chi connectivity index (χ0n) is 17.7. The molecule has 1 aliphatic heterocycles. The van der Waals surface area contributed by atoms with Crippen LogP contribution in [0.5, 0.6) is 0 Å². The topological polar surface area (TPSA) is 36.9 Å². The van der Waals surface area contributed by atoms with Gasteiger partial charge in [-0.25, -0.2) is 0 Å². The molecular formula is C21H42O4S. The summed E-state index contributed by atoms with van der Waals surface area (Å²) in [6.45, 7) is 13.2. The summed E-state index contributed by atoms with van der Waals surface area (Å²) in [5.41, 5.74) is 0. The number of hydrogen-bond donors (Lipinski definition) is 0. The van der Waals surface area contributed by atoms with Crippen molar-refractivity contribution in [2.75, 3.05) is 31.3 Å². The first-order chi connectivity index (χ1) is 12.7. The molecule has 5 heteroatoms. The van der Waals surface area contributed by atoms with Crippen molar-refractivity contribution < 1.29 is 18.9 Å². The van der Waals surface area contributed by atoms with Crippen molar-refractivity contribution in [2.45, 2.75) is 104 Å². The van der Waals surface area contributed by atoms with Gasteiger partial charge < -0.3 is 18.9 Å². The van der Waals surface area contributed by atoms with Gasteiger partial charge in [-0.3, -0.25) is 0 Å². The Hall–Kier alpha value is 0.190. The first kappa shape index (κ1) is 24.2. The zero-order chi connectivity index (χ0) is 19.2. The van der Waals surface area contributed by atoms with Crippen molar-refractivity contribution in [2.24, 2.45) is 0 Å². The summed E-state index contributed by atoms with van der Waals surface area (Å²) >= 11 is 1.91. The molecule has 5 atom stereocenters. The Morgan fingerprint density at radius 3 is 1.73 bits per heavy atom. The Kier molecular flexibility index (Phi) is 14.1. The van der Waals surface area contributed by atoms with Crippen LogP contribution in [0.4, 0.5) is 0 Å². The summed E-state index contributed by atoms with van der Waals surface area (Å²) in [5.74, 6) is 2.04. The van der Waals surface area contributed by atoms with Crippen LogP contribution in [0.25, 0.3) is 0 Å². The van der Waals surface area contributed by atoms with Crippen LogP contribution in [-0.2, 0) is 18.9 Å². The summed E-state index contributed by atoms with van der Waals surface area (Å²) in [4.78, 5) is 0. The molecule has 1 saturated heterocycles. The molecule has 26 heavy (non-hydrogen) atoms. The maximum absolute atomic E-state index is 6.36. The van der Waals surface area contributed by atoms with E-state index in [0.717, 1.165) is 69.9 Å². The first-order valence-electron chi connectivity index (χ1n) is 10.8. The van der Waals surface area contributed by atoms with Crippen LogP contribution in [0.1, 0.15) is 73.1 Å². The van der Waals surface area contributed by atoms with Crippen LogP contribution in [0.2, 0.25) is 0 Å². The van der Waals surface area contributed by atoms with Crippen molar-refractivity contribution in [3.63, 3.8) is 0 Å². The fourth-order valence-electron chi connectivity index (χ4n) is 3.18. The van der Waals surface area contributed by atoms with Crippen molar-refractivity contribution >= 4 is 11.8 Å². The minimum Gasteiger partial charge on any atom is -0.373 e. The summed E-state index contributed by atoms with van der Waals surface area (Å²) in [6, 6.07) is 0. The Balaban J connectivity index is 2.86. The summed E-state index contributed by atoms with van der Waals surface area (Å²) in [5, 5.41) is 0. The van der Waals surface area contributed by atoms with Gasteiger partial charge in [0.15, 0.2) is 0 Å². The molecular weight excluding hydrogens is 348 g/mol. The normalized spacial score (nSPS) is 29.2. The minimum atomic E-state index is -0.0482. The average molecular weight is 391 g/mol. The Morgan fingerprint density at radius 1 is 0.731 bits per heavy atom. The highest BCUT2D eigenvalue weighted by atomic mass is 32.2. The molecule has 1 aliphatic rings. The van der Waals surface area contributed by atoms with Crippen LogP contribution >= 0.6 is 11.8 Å². The van der Waals surface area contributed by atoms with E-state index in [1.54, 1.807) is 0 Å². The van der Waals surface area contributed by atoms with E-state index in [9.17, 15) is 0 Å². The zero-order valence-corrected chi connectivity index (χ0v) is 18.5. The predicted molar refractivity (Wildman–Crippen MR) is 111 cm³/mol. The van der Waals surface area contributed by atoms with Crippen LogP contribution < -0.4 is 0 Å². The van der Waals surface area contributed by atoms with E-state index < -0.39 is 0 Å². The molecule has 0 amide bonds. The van der Waals surface area contributed by atoms with E-state index in [-0.39, 0.29) is 30.5 Å². The molecule has 156 valence electrons. The lowest BCUT2D eigenvalue weighted by molar-refractivity contribution is -0.249. The van der Waals surface area contributed by atoms with E-state index in [1.807, 2.05) is 11.8 Å². The highest BCUT2D eigenvalue weighted by Crippen LogP contribution is 2.30. The second-order valence-electron chi connectivity index (χ2n) is 7.11. The van der Waals surface area contributed by atoms with E-state index in [0.29, 0.717) is 0 Å². The Bertz CT molecular complexity index is 329. The third-order valence-electron chi connectivity index (χ3n) is 4.78. The Labute approximate surface area is 166 Å². The van der Waals surface area contributed by atoms with Gasteiger partial charge in [0.25, 0.3) is 0 Å². The number of unbranched alkanes of at least 4 members (excludes halogenated alkanes) is 3. The fourth-order valence-corrected chi connectivity index (χ4v) is 3.91. The van der Waals surface area contributed by atoms with Crippen LogP contribution in [0.3, 0.4) is 0 Å². The number of rotatable bonds is 15. The number of hydrogen-bond acceptors (Lipinski definition) is 5. The molecule has 0 radical (unpaired) electrons. The van der Waals surface area contributed by atoms with Crippen molar-refractivity contribution in [1.82, 2.24) is 0 Å². The van der Waals surface area contributed by atoms with Gasteiger partial charge in [-0.15, -0.1) is 0 Å². The maximum atomic E-state index is 6.36. The van der Waals surface area contributed by atoms with Crippen LogP contribution in [0, 0.1) is 0 Å². The Morgan fingerprint density at radius 2 is 1.23 bits per heavy atom. The monoisotopic (exact) mass is 390 g/mol. The summed E-state index contributed by atoms with van der Waals surface area (Å²) < 4.78 is 25.3. The molecule has 1 fully saturated rings. The van der Waals surface area contributed by atoms with E-state index in [2.05, 4.69) is 34.6 Å². The first-order valence-corrected chi connectivity index (χ1v) is 11.9. The molecule has 0 spiro atoms. The molecule has 1 heterocycles. The molecule has 0 saturated carbocycles. The van der Waals surface area contributed by atoms with Gasteiger partial charge in [0.1, 0.15) is 18.3 Å². The van der Waals surface area contributed by atoms with Crippen LogP contribution in [0.15, 0.2) is 0 Å². The molecule has 4 nitrogen and oxygen atoms in total. The van der Waals surface area contributed by atoms with Gasteiger partial charge in [-0.2, -0.15) is 11.8 Å². The van der Waals surface area contributed by atoms with Gasteiger partial charge in [0.2, 0.25) is 0 Å². The molecule has 1 rings (SSSR count). The molecule has 0 N–H and O–H groups in total. The smallest absolute Gasteiger partial charge is 0.115 e. The summed E-state index contributed by atoms with van der Waals surface area (Å²) in [6.07, 6.45) is 6.60. The number of thioether (sulfide) groups is 1. The van der Waals surface area contributed by atoms with Gasteiger partial charge in [0.05, 0.1) is 12.2 Å². The maximum Gasteiger partial charge on any atom is 0.115 e. The summed E-state index contributed by atoms with van der Waals surface area (Å²) in [7, 11) is 0. The fraction of sp³-hybridized carbons (Fsp3) is 1.00. The van der Waals surface area contributed by atoms with Gasteiger partial charge in [-0.05, 0) is 31.9 Å². The standard InChI is InChI=1S/C21H42O4S/c1-6-10-13-22-19-17(5)25-18(16-26-9-4)20(23-14-11-7-2)21(19)24-15-12-8-3/h17-21H,6-16H2,1-5H3. The van der Waals surface area contributed by atoms with Gasteiger partial charge >= 0.3 is 0 Å². The van der Waals surface area contributed by atoms with Crippen molar-refractivity contribution in [1.29, 1.82) is 0 Å². The van der Waals surface area contributed by atoms with E-state index in [4.69, 9.17) is 18.9 Å². The quantitative estimate of drug-likeness (QED) is 0.364. The SMILES string of the molecule is CCCCOC1C(C)OC(CSCC)C(OCCCC)C1OCCCC. The highest BCUT2D eigenvalue weighted by Gasteiger charge is 2.46. The van der Waals surface area contributed by atoms with Gasteiger partial charge in [-0.1, -0.05) is 47.0 Å². The van der Waals surface area contributed by atoms with E-state index in [1.165, 1.54) is 0 Å². The highest BCUT2D eigenvalue weighted by molar-refractivity contribution is 7.99. The predicted octanol–water partition coefficient (Wildman–Crippen LogP) is 5.08. The molecule has 0 aromatic rings. The lowest BCUT2D eigenvalue weighted by Crippen LogP contribution is -2.60. The second-order valence-corrected chi connectivity index (χ2v) is 8.42. The van der Waals surface area contributed by atoms with Gasteiger partial charge in [0, 0.05) is 25.6 Å². The average Bonchev–Trinajstić information content (AvgIpc) is 2.64. The van der Waals surface area contributed by atoms with Crippen molar-refractivity contribution in [3.05, 3.63) is 0 Å². The number of ether oxygens (including phenoxy) is 4. The largest absolute Gasteiger partial charge is 0.373 e. The lowest BCUT2D eigenvalue weighted by atomic mass is 9.95. The second kappa shape index (κ2) is 15.2. The molecule has 5 unspecified atom stereocenters. The molecule has 0 aromatic heterocycles. The molecule has 0 aliphatic carbocycles. The van der Waals surface area contributed by atoms with Crippen molar-refractivity contribution in [3.8, 4) is 0 Å².